The zero-order chi connectivity index (χ0) is 13.9. The fourth-order valence-electron chi connectivity index (χ4n) is 2.71. The van der Waals surface area contributed by atoms with Gasteiger partial charge in [0.15, 0.2) is 0 Å². The van der Waals surface area contributed by atoms with Crippen molar-refractivity contribution in [1.29, 1.82) is 0 Å². The molecule has 1 fully saturated rings. The lowest BCUT2D eigenvalue weighted by atomic mass is 9.84. The van der Waals surface area contributed by atoms with Crippen molar-refractivity contribution >= 4 is 15.8 Å². The summed E-state index contributed by atoms with van der Waals surface area (Å²) in [5, 5.41) is 8.46. The molecule has 0 radical (unpaired) electrons. The van der Waals surface area contributed by atoms with Gasteiger partial charge < -0.3 is 5.32 Å². The van der Waals surface area contributed by atoms with Crippen LogP contribution in [0.1, 0.15) is 39.0 Å². The van der Waals surface area contributed by atoms with E-state index in [1.165, 1.54) is 25.3 Å². The average Bonchev–Trinajstić information content (AvgIpc) is 2.38. The normalized spacial score (nSPS) is 24.1. The van der Waals surface area contributed by atoms with Crippen molar-refractivity contribution in [3.63, 3.8) is 0 Å². The van der Waals surface area contributed by atoms with Gasteiger partial charge in [-0.3, -0.25) is 0 Å². The van der Waals surface area contributed by atoms with Crippen LogP contribution in [0.15, 0.2) is 23.2 Å². The average molecular weight is 283 g/mol. The summed E-state index contributed by atoms with van der Waals surface area (Å²) in [6.07, 6.45) is 7.31. The first kappa shape index (κ1) is 14.3. The number of aromatic nitrogens is 1. The van der Waals surface area contributed by atoms with Gasteiger partial charge in [0.05, 0.1) is 0 Å². The zero-order valence-corrected chi connectivity index (χ0v) is 12.0. The van der Waals surface area contributed by atoms with Crippen LogP contribution in [0.4, 0.5) is 5.82 Å². The molecule has 0 saturated heterocycles. The predicted octanol–water partition coefficient (Wildman–Crippen LogP) is 2.11. The predicted molar refractivity (Wildman–Crippen MR) is 75.3 cm³/mol. The van der Waals surface area contributed by atoms with Crippen LogP contribution in [0.2, 0.25) is 0 Å². The highest BCUT2D eigenvalue weighted by molar-refractivity contribution is 7.89. The van der Waals surface area contributed by atoms with Crippen molar-refractivity contribution in [2.24, 2.45) is 11.1 Å². The Morgan fingerprint density at radius 1 is 1.47 bits per heavy atom. The van der Waals surface area contributed by atoms with Gasteiger partial charge >= 0.3 is 0 Å². The van der Waals surface area contributed by atoms with E-state index < -0.39 is 10.0 Å². The second-order valence-electron chi connectivity index (χ2n) is 5.18. The van der Waals surface area contributed by atoms with E-state index in [-0.39, 0.29) is 10.9 Å². The smallest absolute Gasteiger partial charge is 0.241 e. The third-order valence-electron chi connectivity index (χ3n) is 3.78. The first-order valence-electron chi connectivity index (χ1n) is 6.75. The van der Waals surface area contributed by atoms with E-state index in [4.69, 9.17) is 5.14 Å². The Labute approximate surface area is 114 Å². The summed E-state index contributed by atoms with van der Waals surface area (Å²) in [6.45, 7) is 2.20. The summed E-state index contributed by atoms with van der Waals surface area (Å²) >= 11 is 0. The Morgan fingerprint density at radius 2 is 2.26 bits per heavy atom. The van der Waals surface area contributed by atoms with Crippen molar-refractivity contribution in [2.75, 3.05) is 5.32 Å². The van der Waals surface area contributed by atoms with E-state index >= 15 is 0 Å². The number of anilines is 1. The molecular weight excluding hydrogens is 262 g/mol. The Morgan fingerprint density at radius 3 is 2.95 bits per heavy atom. The van der Waals surface area contributed by atoms with Crippen LogP contribution in [0.3, 0.4) is 0 Å². The SMILES string of the molecule is CCC1CCCC(Nc2ncccc2S(N)(=O)=O)C1. The lowest BCUT2D eigenvalue weighted by Crippen LogP contribution is -2.28. The van der Waals surface area contributed by atoms with Crippen LogP contribution in [0, 0.1) is 5.92 Å². The molecule has 19 heavy (non-hydrogen) atoms. The maximum atomic E-state index is 11.5. The van der Waals surface area contributed by atoms with E-state index in [1.54, 1.807) is 12.3 Å². The summed E-state index contributed by atoms with van der Waals surface area (Å²) in [4.78, 5) is 4.20. The molecule has 0 aliphatic heterocycles. The number of primary sulfonamides is 1. The van der Waals surface area contributed by atoms with Crippen molar-refractivity contribution in [1.82, 2.24) is 4.98 Å². The minimum atomic E-state index is -3.73. The highest BCUT2D eigenvalue weighted by atomic mass is 32.2. The van der Waals surface area contributed by atoms with Crippen LogP contribution >= 0.6 is 0 Å². The van der Waals surface area contributed by atoms with Gasteiger partial charge in [-0.1, -0.05) is 26.2 Å². The molecule has 106 valence electrons. The molecule has 1 aliphatic rings. The van der Waals surface area contributed by atoms with Crippen molar-refractivity contribution in [2.45, 2.75) is 50.0 Å². The van der Waals surface area contributed by atoms with Crippen molar-refractivity contribution in [3.05, 3.63) is 18.3 Å². The van der Waals surface area contributed by atoms with Crippen LogP contribution in [-0.2, 0) is 10.0 Å². The molecule has 1 saturated carbocycles. The number of nitrogens with one attached hydrogen (secondary N) is 1. The number of hydrogen-bond donors (Lipinski definition) is 2. The molecule has 5 nitrogen and oxygen atoms in total. The van der Waals surface area contributed by atoms with Gasteiger partial charge in [-0.15, -0.1) is 0 Å². The highest BCUT2D eigenvalue weighted by Gasteiger charge is 2.23. The summed E-state index contributed by atoms with van der Waals surface area (Å²) in [5.41, 5.74) is 0. The topological polar surface area (TPSA) is 85.1 Å². The van der Waals surface area contributed by atoms with E-state index in [0.717, 1.165) is 12.8 Å². The Kier molecular flexibility index (Phi) is 4.42. The molecule has 1 heterocycles. The molecule has 0 amide bonds. The number of nitrogens with two attached hydrogens (primary N) is 1. The largest absolute Gasteiger partial charge is 0.366 e. The molecule has 2 atom stereocenters. The van der Waals surface area contributed by atoms with Crippen LogP contribution < -0.4 is 10.5 Å². The standard InChI is InChI=1S/C13H21N3O2S/c1-2-10-5-3-6-11(9-10)16-13-12(19(14,17)18)7-4-8-15-13/h4,7-8,10-11H,2-3,5-6,9H2,1H3,(H,15,16)(H2,14,17,18). The van der Waals surface area contributed by atoms with Crippen LogP contribution in [-0.4, -0.2) is 19.4 Å². The van der Waals surface area contributed by atoms with E-state index in [9.17, 15) is 8.42 Å². The molecule has 0 aromatic carbocycles. The summed E-state index contributed by atoms with van der Waals surface area (Å²) < 4.78 is 23.0. The minimum Gasteiger partial charge on any atom is -0.366 e. The minimum absolute atomic E-state index is 0.0774. The fraction of sp³-hybridized carbons (Fsp3) is 0.615. The third kappa shape index (κ3) is 3.67. The molecule has 2 rings (SSSR count). The van der Waals surface area contributed by atoms with Gasteiger partial charge in [0.25, 0.3) is 0 Å². The third-order valence-corrected chi connectivity index (χ3v) is 4.72. The molecule has 6 heteroatoms. The van der Waals surface area contributed by atoms with Crippen molar-refractivity contribution in [3.8, 4) is 0 Å². The second-order valence-corrected chi connectivity index (χ2v) is 6.71. The molecule has 1 aliphatic carbocycles. The molecule has 1 aromatic rings. The van der Waals surface area contributed by atoms with E-state index in [2.05, 4.69) is 17.2 Å². The lowest BCUT2D eigenvalue weighted by molar-refractivity contribution is 0.326. The summed E-state index contributed by atoms with van der Waals surface area (Å²) in [5.74, 6) is 1.10. The molecule has 0 bridgehead atoms. The van der Waals surface area contributed by atoms with Gasteiger partial charge in [0.1, 0.15) is 10.7 Å². The fourth-order valence-corrected chi connectivity index (χ4v) is 3.36. The molecular formula is C13H21N3O2S. The van der Waals surface area contributed by atoms with Gasteiger partial charge in [0.2, 0.25) is 10.0 Å². The Hall–Kier alpha value is -1.14. The monoisotopic (exact) mass is 283 g/mol. The van der Waals surface area contributed by atoms with Gasteiger partial charge in [-0.05, 0) is 30.9 Å². The Balaban J connectivity index is 2.15. The number of nitrogens with zero attached hydrogens (tertiary/aromatic N) is 1. The number of pyridine rings is 1. The number of sulfonamides is 1. The molecule has 3 N–H and O–H groups in total. The maximum Gasteiger partial charge on any atom is 0.241 e. The van der Waals surface area contributed by atoms with Gasteiger partial charge in [-0.2, -0.15) is 0 Å². The number of hydrogen-bond acceptors (Lipinski definition) is 4. The summed E-state index contributed by atoms with van der Waals surface area (Å²) in [6, 6.07) is 3.36. The summed E-state index contributed by atoms with van der Waals surface area (Å²) in [7, 11) is -3.73. The van der Waals surface area contributed by atoms with Crippen molar-refractivity contribution < 1.29 is 8.42 Å². The second kappa shape index (κ2) is 5.88. The quantitative estimate of drug-likeness (QED) is 0.886. The Bertz CT molecular complexity index is 530. The molecule has 0 spiro atoms. The van der Waals surface area contributed by atoms with Crippen LogP contribution in [0.25, 0.3) is 0 Å². The first-order valence-corrected chi connectivity index (χ1v) is 8.29. The van der Waals surface area contributed by atoms with Gasteiger partial charge in [0, 0.05) is 12.2 Å². The van der Waals surface area contributed by atoms with Gasteiger partial charge in [-0.25, -0.2) is 18.5 Å². The first-order chi connectivity index (χ1) is 9.00. The highest BCUT2D eigenvalue weighted by Crippen LogP contribution is 2.29. The zero-order valence-electron chi connectivity index (χ0n) is 11.2. The van der Waals surface area contributed by atoms with Crippen LogP contribution in [0.5, 0.6) is 0 Å². The van der Waals surface area contributed by atoms with E-state index in [0.29, 0.717) is 11.7 Å². The molecule has 2 unspecified atom stereocenters. The number of rotatable bonds is 4. The lowest BCUT2D eigenvalue weighted by Gasteiger charge is -2.29. The van der Waals surface area contributed by atoms with E-state index in [1.807, 2.05) is 0 Å². The molecule has 1 aromatic heterocycles. The maximum absolute atomic E-state index is 11.5.